The molecule has 3 aromatic rings. The topological polar surface area (TPSA) is 66.8 Å². The van der Waals surface area contributed by atoms with Crippen LogP contribution in [0.25, 0.3) is 0 Å². The summed E-state index contributed by atoms with van der Waals surface area (Å²) >= 11 is 0. The van der Waals surface area contributed by atoms with Gasteiger partial charge in [0.1, 0.15) is 5.69 Å². The summed E-state index contributed by atoms with van der Waals surface area (Å²) in [5.41, 5.74) is 2.39. The summed E-state index contributed by atoms with van der Waals surface area (Å²) in [6, 6.07) is 10.2. The Morgan fingerprint density at radius 1 is 1.32 bits per heavy atom. The Morgan fingerprint density at radius 2 is 2.09 bits per heavy atom. The van der Waals surface area contributed by atoms with E-state index in [0.29, 0.717) is 11.6 Å². The number of aryl methyl sites for hydroxylation is 1. The highest BCUT2D eigenvalue weighted by molar-refractivity contribution is 5.75. The highest BCUT2D eigenvalue weighted by Crippen LogP contribution is 2.20. The number of benzene rings is 1. The van der Waals surface area contributed by atoms with Gasteiger partial charge < -0.3 is 9.55 Å². The summed E-state index contributed by atoms with van der Waals surface area (Å²) in [5, 5.41) is 0. The van der Waals surface area contributed by atoms with Crippen molar-refractivity contribution in [3.63, 3.8) is 0 Å². The summed E-state index contributed by atoms with van der Waals surface area (Å²) in [7, 11) is 1.86. The first-order chi connectivity index (χ1) is 10.7. The molecule has 0 saturated carbocycles. The second-order valence-corrected chi connectivity index (χ2v) is 5.14. The minimum atomic E-state index is 0.422. The number of H-pyrrole nitrogens is 1. The fraction of sp³-hybridized carbons (Fsp3) is 0.188. The molecule has 0 radical (unpaired) electrons. The van der Waals surface area contributed by atoms with Gasteiger partial charge in [-0.25, -0.2) is 9.97 Å². The van der Waals surface area contributed by atoms with Crippen LogP contribution in [0.2, 0.25) is 0 Å². The number of hydrogen-bond donors (Lipinski definition) is 1. The zero-order valence-electron chi connectivity index (χ0n) is 12.5. The first-order valence-electron chi connectivity index (χ1n) is 6.98. The predicted molar refractivity (Wildman–Crippen MR) is 84.5 cm³/mol. The van der Waals surface area contributed by atoms with Crippen molar-refractivity contribution in [2.75, 3.05) is 11.9 Å². The van der Waals surface area contributed by atoms with Crippen molar-refractivity contribution < 1.29 is 4.79 Å². The van der Waals surface area contributed by atoms with E-state index >= 15 is 0 Å². The number of anilines is 2. The van der Waals surface area contributed by atoms with Gasteiger partial charge in [0.15, 0.2) is 12.1 Å². The molecule has 0 fully saturated rings. The van der Waals surface area contributed by atoms with Crippen molar-refractivity contribution in [3.05, 3.63) is 59.8 Å². The number of nitrogens with zero attached hydrogens (tertiary/aromatic N) is 4. The van der Waals surface area contributed by atoms with Crippen LogP contribution in [-0.2, 0) is 6.54 Å². The lowest BCUT2D eigenvalue weighted by molar-refractivity contribution is 0.111. The summed E-state index contributed by atoms with van der Waals surface area (Å²) in [6.07, 6.45) is 4.48. The van der Waals surface area contributed by atoms with Crippen LogP contribution in [0, 0.1) is 6.92 Å². The Hall–Kier alpha value is -2.89. The summed E-state index contributed by atoms with van der Waals surface area (Å²) in [4.78, 5) is 24.4. The number of hydrogen-bond acceptors (Lipinski definition) is 4. The molecule has 2 aromatic heterocycles. The quantitative estimate of drug-likeness (QED) is 0.735. The lowest BCUT2D eigenvalue weighted by Gasteiger charge is -2.12. The third-order valence-electron chi connectivity index (χ3n) is 3.51. The van der Waals surface area contributed by atoms with Crippen molar-refractivity contribution in [3.8, 4) is 0 Å². The molecule has 3 rings (SSSR count). The van der Waals surface area contributed by atoms with Crippen molar-refractivity contribution >= 4 is 18.1 Å². The molecule has 0 amide bonds. The smallest absolute Gasteiger partial charge is 0.209 e. The molecule has 0 atom stereocenters. The van der Waals surface area contributed by atoms with Gasteiger partial charge in [0.05, 0.1) is 6.33 Å². The number of aromatic nitrogens is 4. The second-order valence-electron chi connectivity index (χ2n) is 5.14. The van der Waals surface area contributed by atoms with Gasteiger partial charge in [0.25, 0.3) is 0 Å². The van der Waals surface area contributed by atoms with E-state index in [2.05, 4.69) is 27.1 Å². The fourth-order valence-corrected chi connectivity index (χ4v) is 2.24. The molecule has 6 heteroatoms. The van der Waals surface area contributed by atoms with Crippen molar-refractivity contribution in [2.45, 2.75) is 13.5 Å². The molecule has 6 nitrogen and oxygen atoms in total. The lowest BCUT2D eigenvalue weighted by Crippen LogP contribution is -2.11. The third-order valence-corrected chi connectivity index (χ3v) is 3.51. The standard InChI is InChI=1S/C16H17N5O/c1-12-14(10-22)19-16(18-12)20(2)15-9-21(11-17-15)8-13-6-4-3-5-7-13/h3-7,9-11H,8H2,1-2H3,(H,18,19). The van der Waals surface area contributed by atoms with Crippen LogP contribution < -0.4 is 4.90 Å². The van der Waals surface area contributed by atoms with Gasteiger partial charge >= 0.3 is 0 Å². The van der Waals surface area contributed by atoms with Gasteiger partial charge in [-0.3, -0.25) is 9.69 Å². The van der Waals surface area contributed by atoms with Gasteiger partial charge in [-0.05, 0) is 12.5 Å². The van der Waals surface area contributed by atoms with Crippen LogP contribution in [0.15, 0.2) is 42.9 Å². The zero-order valence-corrected chi connectivity index (χ0v) is 12.5. The van der Waals surface area contributed by atoms with Crippen LogP contribution in [0.5, 0.6) is 0 Å². The maximum Gasteiger partial charge on any atom is 0.209 e. The first kappa shape index (κ1) is 14.1. The van der Waals surface area contributed by atoms with Crippen molar-refractivity contribution in [1.29, 1.82) is 0 Å². The Bertz CT molecular complexity index is 775. The van der Waals surface area contributed by atoms with E-state index in [0.717, 1.165) is 24.3 Å². The number of aldehydes is 1. The first-order valence-corrected chi connectivity index (χ1v) is 6.98. The van der Waals surface area contributed by atoms with Crippen molar-refractivity contribution in [1.82, 2.24) is 19.5 Å². The maximum atomic E-state index is 10.9. The molecule has 0 aliphatic carbocycles. The number of rotatable bonds is 5. The molecule has 2 heterocycles. The molecule has 0 unspecified atom stereocenters. The van der Waals surface area contributed by atoms with E-state index in [4.69, 9.17) is 0 Å². The summed E-state index contributed by atoms with van der Waals surface area (Å²) < 4.78 is 2.01. The van der Waals surface area contributed by atoms with E-state index in [-0.39, 0.29) is 0 Å². The number of aromatic amines is 1. The van der Waals surface area contributed by atoms with Crippen LogP contribution in [-0.4, -0.2) is 32.9 Å². The molecular formula is C16H17N5O. The van der Waals surface area contributed by atoms with E-state index in [1.807, 2.05) is 47.8 Å². The molecule has 1 aromatic carbocycles. The zero-order chi connectivity index (χ0) is 15.5. The largest absolute Gasteiger partial charge is 0.331 e. The average Bonchev–Trinajstić information content (AvgIpc) is 3.14. The van der Waals surface area contributed by atoms with Gasteiger partial charge in [-0.15, -0.1) is 0 Å². The highest BCUT2D eigenvalue weighted by Gasteiger charge is 2.13. The molecular weight excluding hydrogens is 278 g/mol. The Kier molecular flexibility index (Phi) is 3.74. The van der Waals surface area contributed by atoms with Gasteiger partial charge in [0.2, 0.25) is 5.95 Å². The van der Waals surface area contributed by atoms with E-state index in [1.165, 1.54) is 5.56 Å². The molecule has 0 spiro atoms. The number of carbonyl (C=O) groups is 1. The average molecular weight is 295 g/mol. The molecule has 112 valence electrons. The Morgan fingerprint density at radius 3 is 2.77 bits per heavy atom. The minimum Gasteiger partial charge on any atom is -0.331 e. The van der Waals surface area contributed by atoms with E-state index in [1.54, 1.807) is 6.33 Å². The van der Waals surface area contributed by atoms with Crippen LogP contribution in [0.4, 0.5) is 11.8 Å². The highest BCUT2D eigenvalue weighted by atomic mass is 16.1. The SMILES string of the molecule is Cc1[nH]c(N(C)c2cn(Cc3ccccc3)cn2)nc1C=O. The Balaban J connectivity index is 1.79. The summed E-state index contributed by atoms with van der Waals surface area (Å²) in [5.74, 6) is 1.37. The van der Waals surface area contributed by atoms with Crippen molar-refractivity contribution in [2.24, 2.45) is 0 Å². The monoisotopic (exact) mass is 295 g/mol. The predicted octanol–water partition coefficient (Wildman–Crippen LogP) is 2.54. The molecule has 0 saturated heterocycles. The minimum absolute atomic E-state index is 0.422. The Labute approximate surface area is 128 Å². The number of nitrogens with one attached hydrogen (secondary N) is 1. The molecule has 22 heavy (non-hydrogen) atoms. The molecule has 0 bridgehead atoms. The van der Waals surface area contributed by atoms with Gasteiger partial charge in [-0.2, -0.15) is 0 Å². The van der Waals surface area contributed by atoms with E-state index < -0.39 is 0 Å². The third kappa shape index (κ3) is 2.76. The summed E-state index contributed by atoms with van der Waals surface area (Å²) in [6.45, 7) is 2.58. The van der Waals surface area contributed by atoms with E-state index in [9.17, 15) is 4.79 Å². The normalized spacial score (nSPS) is 10.6. The molecule has 0 aliphatic rings. The van der Waals surface area contributed by atoms with Crippen LogP contribution in [0.3, 0.4) is 0 Å². The van der Waals surface area contributed by atoms with Crippen LogP contribution >= 0.6 is 0 Å². The van der Waals surface area contributed by atoms with Crippen LogP contribution in [0.1, 0.15) is 21.7 Å². The van der Waals surface area contributed by atoms with Gasteiger partial charge in [-0.1, -0.05) is 30.3 Å². The second kappa shape index (κ2) is 5.85. The number of carbonyl (C=O) groups excluding carboxylic acids is 1. The fourth-order valence-electron chi connectivity index (χ4n) is 2.24. The molecule has 0 aliphatic heterocycles. The number of imidazole rings is 2. The maximum absolute atomic E-state index is 10.9. The lowest BCUT2D eigenvalue weighted by atomic mass is 10.2. The van der Waals surface area contributed by atoms with Gasteiger partial charge in [0, 0.05) is 25.5 Å². The molecule has 1 N–H and O–H groups in total.